The topological polar surface area (TPSA) is 90.7 Å². The van der Waals surface area contributed by atoms with Gasteiger partial charge >= 0.3 is 0 Å². The maximum atomic E-state index is 13.4. The molecule has 3 rings (SSSR count). The average Bonchev–Trinajstić information content (AvgIpc) is 3.42. The molecule has 0 bridgehead atoms. The molecule has 2 N–H and O–H groups in total. The highest BCUT2D eigenvalue weighted by molar-refractivity contribution is 5.96. The Morgan fingerprint density at radius 1 is 1.24 bits per heavy atom. The standard InChI is InChI=1S/C24H33F2N5O3/c1-5-6-20(27-23(32)11-16-9-17(25)12-18(26)10-16)24(33)28-22-13-21(34-29-22)15(2)31-8-7-19(14-31)30(3)4/h9-10,12-13,15,19-20H,5-8,11,14H2,1-4H3,(H,27,32)(H,28,29,33). The second kappa shape index (κ2) is 11.5. The Hall–Kier alpha value is -2.85. The number of carbonyl (C=O) groups is 2. The van der Waals surface area contributed by atoms with E-state index in [4.69, 9.17) is 4.52 Å². The van der Waals surface area contributed by atoms with Crippen LogP contribution in [0.2, 0.25) is 0 Å². The number of rotatable bonds is 10. The molecular weight excluding hydrogens is 444 g/mol. The van der Waals surface area contributed by atoms with Crippen molar-refractivity contribution < 1.29 is 22.9 Å². The zero-order valence-corrected chi connectivity index (χ0v) is 20.1. The summed E-state index contributed by atoms with van der Waals surface area (Å²) in [5, 5.41) is 9.32. The quantitative estimate of drug-likeness (QED) is 0.547. The first-order valence-electron chi connectivity index (χ1n) is 11.6. The lowest BCUT2D eigenvalue weighted by Crippen LogP contribution is -2.44. The van der Waals surface area contributed by atoms with E-state index in [0.717, 1.165) is 37.7 Å². The molecule has 2 heterocycles. The number of halogens is 2. The lowest BCUT2D eigenvalue weighted by Gasteiger charge is -2.23. The first-order valence-corrected chi connectivity index (χ1v) is 11.6. The Kier molecular flexibility index (Phi) is 8.73. The van der Waals surface area contributed by atoms with Crippen LogP contribution in [0.4, 0.5) is 14.6 Å². The normalized spacial score (nSPS) is 18.1. The predicted octanol–water partition coefficient (Wildman–Crippen LogP) is 3.12. The maximum absolute atomic E-state index is 13.4. The summed E-state index contributed by atoms with van der Waals surface area (Å²) in [7, 11) is 4.14. The number of amides is 2. The van der Waals surface area contributed by atoms with Gasteiger partial charge in [-0.2, -0.15) is 0 Å². The number of likely N-dealkylation sites (N-methyl/N-ethyl adjacent to an activating group) is 1. The van der Waals surface area contributed by atoms with Crippen molar-refractivity contribution in [2.45, 2.75) is 57.7 Å². The van der Waals surface area contributed by atoms with Crippen LogP contribution < -0.4 is 10.6 Å². The Balaban J connectivity index is 1.58. The molecule has 34 heavy (non-hydrogen) atoms. The highest BCUT2D eigenvalue weighted by Crippen LogP contribution is 2.27. The van der Waals surface area contributed by atoms with E-state index in [1.54, 1.807) is 6.07 Å². The lowest BCUT2D eigenvalue weighted by atomic mass is 10.1. The molecule has 10 heteroatoms. The molecule has 8 nitrogen and oxygen atoms in total. The van der Waals surface area contributed by atoms with E-state index in [2.05, 4.69) is 39.7 Å². The number of anilines is 1. The molecule has 0 saturated carbocycles. The van der Waals surface area contributed by atoms with Gasteiger partial charge in [0.2, 0.25) is 11.8 Å². The van der Waals surface area contributed by atoms with E-state index in [1.165, 1.54) is 0 Å². The Bertz CT molecular complexity index is 976. The molecule has 0 radical (unpaired) electrons. The van der Waals surface area contributed by atoms with Crippen LogP contribution in [0.25, 0.3) is 0 Å². The molecule has 3 unspecified atom stereocenters. The molecule has 0 aliphatic carbocycles. The van der Waals surface area contributed by atoms with Crippen LogP contribution in [0.15, 0.2) is 28.8 Å². The van der Waals surface area contributed by atoms with E-state index in [0.29, 0.717) is 24.6 Å². The largest absolute Gasteiger partial charge is 0.358 e. The summed E-state index contributed by atoms with van der Waals surface area (Å²) in [5.74, 6) is -1.52. The smallest absolute Gasteiger partial charge is 0.248 e. The monoisotopic (exact) mass is 477 g/mol. The minimum absolute atomic E-state index is 0.0147. The van der Waals surface area contributed by atoms with E-state index in [1.807, 2.05) is 13.8 Å². The molecule has 2 amide bonds. The fourth-order valence-corrected chi connectivity index (χ4v) is 4.18. The number of aromatic nitrogens is 1. The van der Waals surface area contributed by atoms with Crippen molar-refractivity contribution in [3.63, 3.8) is 0 Å². The number of hydrogen-bond donors (Lipinski definition) is 2. The van der Waals surface area contributed by atoms with Gasteiger partial charge in [-0.1, -0.05) is 18.5 Å². The van der Waals surface area contributed by atoms with E-state index < -0.39 is 29.5 Å². The molecule has 1 aromatic heterocycles. The number of carbonyl (C=O) groups excluding carboxylic acids is 2. The van der Waals surface area contributed by atoms with Gasteiger partial charge in [-0.3, -0.25) is 14.5 Å². The van der Waals surface area contributed by atoms with Crippen LogP contribution in [0, 0.1) is 11.6 Å². The summed E-state index contributed by atoms with van der Waals surface area (Å²) in [5.41, 5.74) is 0.194. The second-order valence-corrected chi connectivity index (χ2v) is 9.04. The van der Waals surface area contributed by atoms with Crippen molar-refractivity contribution in [1.29, 1.82) is 0 Å². The van der Waals surface area contributed by atoms with Crippen molar-refractivity contribution in [3.8, 4) is 0 Å². The molecule has 1 aliphatic heterocycles. The van der Waals surface area contributed by atoms with Crippen molar-refractivity contribution >= 4 is 17.6 Å². The third-order valence-corrected chi connectivity index (χ3v) is 6.18. The third kappa shape index (κ3) is 6.83. The van der Waals surface area contributed by atoms with Crippen LogP contribution in [0.1, 0.15) is 50.5 Å². The number of nitrogens with zero attached hydrogens (tertiary/aromatic N) is 3. The van der Waals surface area contributed by atoms with Crippen molar-refractivity contribution in [3.05, 3.63) is 47.2 Å². The molecule has 186 valence electrons. The van der Waals surface area contributed by atoms with Crippen LogP contribution in [0.3, 0.4) is 0 Å². The summed E-state index contributed by atoms with van der Waals surface area (Å²) in [6.07, 6.45) is 1.89. The molecule has 0 spiro atoms. The number of benzene rings is 1. The highest BCUT2D eigenvalue weighted by Gasteiger charge is 2.30. The van der Waals surface area contributed by atoms with Gasteiger partial charge in [0.15, 0.2) is 11.6 Å². The summed E-state index contributed by atoms with van der Waals surface area (Å²) in [4.78, 5) is 29.7. The zero-order valence-electron chi connectivity index (χ0n) is 20.1. The Labute approximate surface area is 198 Å². The van der Waals surface area contributed by atoms with E-state index in [-0.39, 0.29) is 23.8 Å². The summed E-state index contributed by atoms with van der Waals surface area (Å²) in [6, 6.07) is 4.33. The lowest BCUT2D eigenvalue weighted by molar-refractivity contribution is -0.126. The molecule has 2 aromatic rings. The van der Waals surface area contributed by atoms with Gasteiger partial charge in [0.05, 0.1) is 12.5 Å². The van der Waals surface area contributed by atoms with Crippen LogP contribution in [0.5, 0.6) is 0 Å². The number of nitrogens with one attached hydrogen (secondary N) is 2. The fourth-order valence-electron chi connectivity index (χ4n) is 4.18. The van der Waals surface area contributed by atoms with Gasteiger partial charge in [-0.05, 0) is 51.6 Å². The minimum atomic E-state index is -0.812. The molecule has 1 fully saturated rings. The SMILES string of the molecule is CCCC(NC(=O)Cc1cc(F)cc(F)c1)C(=O)Nc1cc(C(C)N2CCC(N(C)C)C2)on1. The molecular formula is C24H33F2N5O3. The molecule has 1 aromatic carbocycles. The third-order valence-electron chi connectivity index (χ3n) is 6.18. The molecule has 1 aliphatic rings. The summed E-state index contributed by atoms with van der Waals surface area (Å²) < 4.78 is 32.3. The highest BCUT2D eigenvalue weighted by atomic mass is 19.1. The van der Waals surface area contributed by atoms with E-state index in [9.17, 15) is 18.4 Å². The summed E-state index contributed by atoms with van der Waals surface area (Å²) >= 11 is 0. The van der Waals surface area contributed by atoms with Gasteiger partial charge in [0.1, 0.15) is 17.7 Å². The fraction of sp³-hybridized carbons (Fsp3) is 0.542. The minimum Gasteiger partial charge on any atom is -0.358 e. The Morgan fingerprint density at radius 2 is 1.94 bits per heavy atom. The predicted molar refractivity (Wildman–Crippen MR) is 124 cm³/mol. The van der Waals surface area contributed by atoms with Crippen LogP contribution in [-0.2, 0) is 16.0 Å². The van der Waals surface area contributed by atoms with Gasteiger partial charge in [-0.15, -0.1) is 0 Å². The van der Waals surface area contributed by atoms with Gasteiger partial charge in [0.25, 0.3) is 0 Å². The Morgan fingerprint density at radius 3 is 2.56 bits per heavy atom. The van der Waals surface area contributed by atoms with Gasteiger partial charge in [-0.25, -0.2) is 8.78 Å². The van der Waals surface area contributed by atoms with Crippen molar-refractivity contribution in [2.75, 3.05) is 32.5 Å². The van der Waals surface area contributed by atoms with Crippen LogP contribution >= 0.6 is 0 Å². The summed E-state index contributed by atoms with van der Waals surface area (Å²) in [6.45, 7) is 5.81. The van der Waals surface area contributed by atoms with Gasteiger partial charge < -0.3 is 20.1 Å². The number of hydrogen-bond acceptors (Lipinski definition) is 6. The first kappa shape index (κ1) is 25.8. The molecule has 1 saturated heterocycles. The van der Waals surface area contributed by atoms with Gasteiger partial charge in [0, 0.05) is 31.3 Å². The second-order valence-electron chi connectivity index (χ2n) is 9.04. The van der Waals surface area contributed by atoms with Crippen molar-refractivity contribution in [2.24, 2.45) is 0 Å². The first-order chi connectivity index (χ1) is 16.2. The van der Waals surface area contributed by atoms with Crippen LogP contribution in [-0.4, -0.2) is 66.0 Å². The molecule has 3 atom stereocenters. The van der Waals surface area contributed by atoms with E-state index >= 15 is 0 Å². The maximum Gasteiger partial charge on any atom is 0.248 e. The average molecular weight is 478 g/mol. The van der Waals surface area contributed by atoms with Crippen molar-refractivity contribution in [1.82, 2.24) is 20.3 Å². The zero-order chi connectivity index (χ0) is 24.8. The number of likely N-dealkylation sites (tertiary alicyclic amines) is 1.